The highest BCUT2D eigenvalue weighted by molar-refractivity contribution is 9.10. The summed E-state index contributed by atoms with van der Waals surface area (Å²) in [4.78, 5) is 0. The van der Waals surface area contributed by atoms with Crippen LogP contribution >= 0.6 is 51.3 Å². The maximum Gasteiger partial charge on any atom is 0.214 e. The monoisotopic (exact) mass is 472 g/mol. The molecule has 136 valence electrons. The van der Waals surface area contributed by atoms with Crippen molar-refractivity contribution in [3.05, 3.63) is 72.6 Å². The number of aromatic nitrogens is 3. The van der Waals surface area contributed by atoms with Gasteiger partial charge < -0.3 is 10.2 Å². The average Bonchev–Trinajstić information content (AvgIpc) is 2.92. The van der Waals surface area contributed by atoms with Crippen molar-refractivity contribution in [1.29, 1.82) is 0 Å². The molecule has 0 amide bonds. The number of benzene rings is 2. The third-order valence-electron chi connectivity index (χ3n) is 3.72. The summed E-state index contributed by atoms with van der Waals surface area (Å²) < 4.78 is 9.15. The normalized spacial score (nSPS) is 10.8. The predicted octanol–water partition coefficient (Wildman–Crippen LogP) is 5.64. The summed E-state index contributed by atoms with van der Waals surface area (Å²) in [6.45, 7) is 2.63. The van der Waals surface area contributed by atoms with Crippen molar-refractivity contribution in [1.82, 2.24) is 14.9 Å². The summed E-state index contributed by atoms with van der Waals surface area (Å²) >= 11 is 21.1. The molecule has 0 atom stereocenters. The molecule has 0 saturated heterocycles. The predicted molar refractivity (Wildman–Crippen MR) is 110 cm³/mol. The van der Waals surface area contributed by atoms with Crippen LogP contribution in [0.1, 0.15) is 17.0 Å². The summed E-state index contributed by atoms with van der Waals surface area (Å²) in [6.07, 6.45) is 0. The zero-order chi connectivity index (χ0) is 18.7. The number of halogens is 3. The minimum absolute atomic E-state index is 0.275. The number of hydrogen-bond donors (Lipinski definition) is 2. The number of ether oxygens (including phenoxy) is 1. The Balaban J connectivity index is 1.79. The Labute approximate surface area is 174 Å². The topological polar surface area (TPSA) is 54.9 Å². The van der Waals surface area contributed by atoms with Crippen LogP contribution in [0.2, 0.25) is 10.0 Å². The molecular weight excluding hydrogens is 459 g/mol. The first-order chi connectivity index (χ1) is 12.5. The van der Waals surface area contributed by atoms with E-state index in [1.165, 1.54) is 0 Å². The van der Waals surface area contributed by atoms with Gasteiger partial charge in [0.05, 0.1) is 6.54 Å². The van der Waals surface area contributed by atoms with Gasteiger partial charge in [-0.3, -0.25) is 5.10 Å². The van der Waals surface area contributed by atoms with E-state index in [9.17, 15) is 0 Å². The van der Waals surface area contributed by atoms with Crippen LogP contribution in [-0.2, 0) is 13.2 Å². The Hall–Kier alpha value is -1.54. The SMILES string of the molecule is Cc1n[nH]c(=S)n1NCc1cc(Br)ccc1OCc1c(Cl)cccc1Cl. The molecule has 2 aromatic carbocycles. The number of aryl methyl sites for hydroxylation is 1. The number of nitrogens with one attached hydrogen (secondary N) is 2. The fourth-order valence-electron chi connectivity index (χ4n) is 2.37. The van der Waals surface area contributed by atoms with Gasteiger partial charge >= 0.3 is 0 Å². The van der Waals surface area contributed by atoms with Crippen molar-refractivity contribution in [3.63, 3.8) is 0 Å². The first kappa shape index (κ1) is 19.2. The van der Waals surface area contributed by atoms with Gasteiger partial charge in [0.25, 0.3) is 0 Å². The number of rotatable bonds is 6. The fraction of sp³-hybridized carbons (Fsp3) is 0.176. The number of aromatic amines is 1. The average molecular weight is 474 g/mol. The second-order valence-electron chi connectivity index (χ2n) is 5.49. The quantitative estimate of drug-likeness (QED) is 0.454. The summed E-state index contributed by atoms with van der Waals surface area (Å²) in [5.41, 5.74) is 4.94. The Morgan fingerprint density at radius 2 is 2.00 bits per heavy atom. The van der Waals surface area contributed by atoms with E-state index >= 15 is 0 Å². The standard InChI is InChI=1S/C17H15BrCl2N4OS/c1-10-22-23-17(26)24(10)21-8-11-7-12(18)5-6-16(11)25-9-13-14(19)3-2-4-15(13)20/h2-7,21H,8-9H2,1H3,(H,23,26). The molecule has 0 aliphatic heterocycles. The molecule has 0 fully saturated rings. The largest absolute Gasteiger partial charge is 0.488 e. The van der Waals surface area contributed by atoms with Gasteiger partial charge in [0.15, 0.2) is 0 Å². The van der Waals surface area contributed by atoms with Gasteiger partial charge in [-0.1, -0.05) is 45.2 Å². The zero-order valence-corrected chi connectivity index (χ0v) is 17.6. The summed E-state index contributed by atoms with van der Waals surface area (Å²) in [5, 5.41) is 7.98. The van der Waals surface area contributed by atoms with Crippen molar-refractivity contribution in [2.45, 2.75) is 20.1 Å². The third-order valence-corrected chi connectivity index (χ3v) is 5.20. The van der Waals surface area contributed by atoms with Crippen molar-refractivity contribution in [2.24, 2.45) is 0 Å². The molecule has 5 nitrogen and oxygen atoms in total. The molecule has 0 bridgehead atoms. The van der Waals surface area contributed by atoms with Gasteiger partial charge in [-0.05, 0) is 49.5 Å². The summed E-state index contributed by atoms with van der Waals surface area (Å²) in [5.74, 6) is 1.47. The Morgan fingerprint density at radius 1 is 1.27 bits per heavy atom. The van der Waals surface area contributed by atoms with E-state index in [2.05, 4.69) is 31.6 Å². The lowest BCUT2D eigenvalue weighted by molar-refractivity contribution is 0.303. The van der Waals surface area contributed by atoms with Crippen LogP contribution in [0.5, 0.6) is 5.75 Å². The van der Waals surface area contributed by atoms with Crippen LogP contribution in [-0.4, -0.2) is 14.9 Å². The Morgan fingerprint density at radius 3 is 2.65 bits per heavy atom. The van der Waals surface area contributed by atoms with E-state index in [1.807, 2.05) is 25.1 Å². The van der Waals surface area contributed by atoms with Crippen LogP contribution < -0.4 is 10.2 Å². The first-order valence-electron chi connectivity index (χ1n) is 7.67. The van der Waals surface area contributed by atoms with Crippen LogP contribution in [0, 0.1) is 11.7 Å². The molecule has 0 radical (unpaired) electrons. The second kappa shape index (κ2) is 8.43. The Bertz CT molecular complexity index is 969. The summed E-state index contributed by atoms with van der Waals surface area (Å²) in [6, 6.07) is 11.2. The maximum absolute atomic E-state index is 6.21. The van der Waals surface area contributed by atoms with E-state index in [1.54, 1.807) is 22.9 Å². The lowest BCUT2D eigenvalue weighted by atomic mass is 10.2. The minimum atomic E-state index is 0.275. The zero-order valence-electron chi connectivity index (χ0n) is 13.7. The lowest BCUT2D eigenvalue weighted by Gasteiger charge is -2.15. The molecule has 2 N–H and O–H groups in total. The van der Waals surface area contributed by atoms with Gasteiger partial charge in [0.2, 0.25) is 4.77 Å². The molecule has 26 heavy (non-hydrogen) atoms. The Kier molecular flexibility index (Phi) is 6.24. The van der Waals surface area contributed by atoms with Crippen LogP contribution in [0.4, 0.5) is 0 Å². The number of hydrogen-bond acceptors (Lipinski definition) is 4. The molecule has 1 aromatic heterocycles. The highest BCUT2D eigenvalue weighted by Crippen LogP contribution is 2.28. The van der Waals surface area contributed by atoms with Gasteiger partial charge in [-0.15, -0.1) is 0 Å². The van der Waals surface area contributed by atoms with Crippen LogP contribution in [0.15, 0.2) is 40.9 Å². The smallest absolute Gasteiger partial charge is 0.214 e. The van der Waals surface area contributed by atoms with Gasteiger partial charge in [0, 0.05) is 25.6 Å². The van der Waals surface area contributed by atoms with E-state index in [0.717, 1.165) is 27.2 Å². The van der Waals surface area contributed by atoms with Gasteiger partial charge in [-0.25, -0.2) is 4.68 Å². The first-order valence-corrected chi connectivity index (χ1v) is 9.63. The number of H-pyrrole nitrogens is 1. The van der Waals surface area contributed by atoms with Crippen molar-refractivity contribution >= 4 is 51.3 Å². The van der Waals surface area contributed by atoms with Crippen molar-refractivity contribution in [3.8, 4) is 5.75 Å². The van der Waals surface area contributed by atoms with Crippen LogP contribution in [0.3, 0.4) is 0 Å². The van der Waals surface area contributed by atoms with Gasteiger partial charge in [0.1, 0.15) is 18.2 Å². The molecule has 3 rings (SSSR count). The van der Waals surface area contributed by atoms with E-state index in [0.29, 0.717) is 21.4 Å². The molecule has 3 aromatic rings. The molecule has 0 unspecified atom stereocenters. The van der Waals surface area contributed by atoms with E-state index in [4.69, 9.17) is 40.2 Å². The summed E-state index contributed by atoms with van der Waals surface area (Å²) in [7, 11) is 0. The van der Waals surface area contributed by atoms with Crippen molar-refractivity contribution < 1.29 is 4.74 Å². The van der Waals surface area contributed by atoms with Crippen molar-refractivity contribution in [2.75, 3.05) is 5.43 Å². The molecule has 0 spiro atoms. The molecule has 1 heterocycles. The fourth-order valence-corrected chi connectivity index (χ4v) is 3.53. The third kappa shape index (κ3) is 4.40. The number of nitrogens with zero attached hydrogens (tertiary/aromatic N) is 2. The molecule has 0 aliphatic carbocycles. The van der Waals surface area contributed by atoms with Crippen LogP contribution in [0.25, 0.3) is 0 Å². The molecule has 0 saturated carbocycles. The second-order valence-corrected chi connectivity index (χ2v) is 7.60. The highest BCUT2D eigenvalue weighted by Gasteiger charge is 2.10. The molecule has 9 heteroatoms. The maximum atomic E-state index is 6.21. The highest BCUT2D eigenvalue weighted by atomic mass is 79.9. The molecule has 0 aliphatic rings. The van der Waals surface area contributed by atoms with Gasteiger partial charge in [-0.2, -0.15) is 5.10 Å². The molecular formula is C17H15BrCl2N4OS. The lowest BCUT2D eigenvalue weighted by Crippen LogP contribution is -2.16. The minimum Gasteiger partial charge on any atom is -0.488 e. The van der Waals surface area contributed by atoms with E-state index < -0.39 is 0 Å². The van der Waals surface area contributed by atoms with E-state index in [-0.39, 0.29) is 6.61 Å².